The number of nitrogens with zero attached hydrogens (tertiary/aromatic N) is 1. The minimum absolute atomic E-state index is 0.384. The van der Waals surface area contributed by atoms with Crippen molar-refractivity contribution in [2.24, 2.45) is 0 Å². The molecule has 0 spiro atoms. The molecule has 0 bridgehead atoms. The smallest absolute Gasteiger partial charge is 0.200 e. The fourth-order valence-electron chi connectivity index (χ4n) is 9.37. The van der Waals surface area contributed by atoms with Crippen LogP contribution in [0.3, 0.4) is 0 Å². The van der Waals surface area contributed by atoms with Gasteiger partial charge in [-0.25, -0.2) is 87.8 Å². The molecule has 73 heavy (non-hydrogen) atoms. The summed E-state index contributed by atoms with van der Waals surface area (Å²) in [5, 5.41) is 0. The van der Waals surface area contributed by atoms with Crippen LogP contribution in [0.25, 0.3) is 0 Å². The number of rotatable bonds is 9. The second-order valence-electron chi connectivity index (χ2n) is 16.4. The minimum atomic E-state index is -7.22. The Bertz CT molecular complexity index is 2940. The van der Waals surface area contributed by atoms with Crippen LogP contribution in [-0.2, 0) is 5.54 Å². The van der Waals surface area contributed by atoms with E-state index in [0.717, 1.165) is 0 Å². The first kappa shape index (κ1) is 53.2. The summed E-state index contributed by atoms with van der Waals surface area (Å²) in [6.45, 7) is 0. The summed E-state index contributed by atoms with van der Waals surface area (Å²) in [7, 11) is 4.62. The van der Waals surface area contributed by atoms with Crippen LogP contribution < -0.4 is 26.3 Å². The van der Waals surface area contributed by atoms with Crippen LogP contribution in [0.15, 0.2) is 121 Å². The van der Waals surface area contributed by atoms with Crippen molar-refractivity contribution in [3.63, 3.8) is 0 Å². The first-order valence-electron chi connectivity index (χ1n) is 20.7. The van der Waals surface area contributed by atoms with E-state index in [-0.39, 0.29) is 5.54 Å². The van der Waals surface area contributed by atoms with Crippen molar-refractivity contribution < 1.29 is 87.8 Å². The fourth-order valence-corrected chi connectivity index (χ4v) is 9.37. The Labute approximate surface area is 399 Å². The number of hydrogen-bond donors (Lipinski definition) is 0. The van der Waals surface area contributed by atoms with Gasteiger partial charge in [-0.2, -0.15) is 0 Å². The Hall–Kier alpha value is -7.62. The maximum absolute atomic E-state index is 15.4. The summed E-state index contributed by atoms with van der Waals surface area (Å²) in [6.07, 6.45) is -7.22. The van der Waals surface area contributed by atoms with E-state index in [1.807, 2.05) is 0 Å². The first-order chi connectivity index (χ1) is 34.4. The monoisotopic (exact) mass is 1040 g/mol. The maximum Gasteiger partial charge on any atom is 0.200 e. The molecule has 1 nitrogen and oxygen atoms in total. The van der Waals surface area contributed by atoms with Gasteiger partial charge in [0.25, 0.3) is 0 Å². The van der Waals surface area contributed by atoms with E-state index >= 15 is 35.1 Å². The second kappa shape index (κ2) is 19.8. The molecule has 378 valence electrons. The largest absolute Gasteiger partial charge is 0.280 e. The quantitative estimate of drug-likeness (QED) is 0.0338. The van der Waals surface area contributed by atoms with Crippen LogP contribution in [0.2, 0.25) is 0 Å². The lowest BCUT2D eigenvalue weighted by Gasteiger charge is -2.49. The lowest BCUT2D eigenvalue weighted by molar-refractivity contribution is 0.246. The van der Waals surface area contributed by atoms with Crippen molar-refractivity contribution in [3.05, 3.63) is 254 Å². The van der Waals surface area contributed by atoms with Gasteiger partial charge < -0.3 is 0 Å². The molecule has 0 unspecified atom stereocenters. The molecule has 0 saturated carbocycles. The highest BCUT2D eigenvalue weighted by atomic mass is 19.2. The Kier molecular flexibility index (Phi) is 14.4. The zero-order valence-corrected chi connectivity index (χ0v) is 36.6. The highest BCUT2D eigenvalue weighted by Gasteiger charge is 2.54. The Morgan fingerprint density at radius 3 is 0.603 bits per heavy atom. The molecule has 0 atom stereocenters. The molecule has 0 aliphatic rings. The summed E-state index contributed by atoms with van der Waals surface area (Å²) in [5.74, 6) is -71.4. The van der Waals surface area contributed by atoms with E-state index in [1.165, 1.54) is 22.4 Å². The van der Waals surface area contributed by atoms with Gasteiger partial charge in [-0.1, -0.05) is 109 Å². The third kappa shape index (κ3) is 7.96. The molecule has 0 N–H and O–H groups in total. The van der Waals surface area contributed by atoms with Gasteiger partial charge in [-0.05, 0) is 12.1 Å². The molecule has 0 heterocycles. The summed E-state index contributed by atoms with van der Waals surface area (Å²) < 4.78 is 295. The number of halogens is 20. The van der Waals surface area contributed by atoms with E-state index in [4.69, 9.17) is 0 Å². The average molecular weight is 1040 g/mol. The standard InChI is InChI=1S/C27H26N.C24BF20/c1-28(2,26-21-13-6-14-22-26)27(23-15-7-3-8-16-23,24-17-9-4-10-18-24)25-19-11-5-12-20-25;26-5-1(6(27)14(35)21(42)13(5)34)25(2-7(28)15(36)22(43)16(37)8(2)29,3-9(30)17(38)23(44)18(39)10(3)31)4-11(32)19(40)24(45)20(41)12(4)33/h3-22H,1-2H3;/q+1;-1. The van der Waals surface area contributed by atoms with Crippen LogP contribution in [0, 0.1) is 116 Å². The van der Waals surface area contributed by atoms with Crippen LogP contribution in [-0.4, -0.2) is 20.2 Å². The zero-order valence-electron chi connectivity index (χ0n) is 36.6. The minimum Gasteiger partial charge on any atom is -0.280 e. The molecule has 8 aromatic rings. The number of quaternary nitrogens is 1. The van der Waals surface area contributed by atoms with E-state index in [9.17, 15) is 52.7 Å². The third-order valence-corrected chi connectivity index (χ3v) is 12.5. The van der Waals surface area contributed by atoms with E-state index in [2.05, 4.69) is 135 Å². The third-order valence-electron chi connectivity index (χ3n) is 12.5. The Morgan fingerprint density at radius 2 is 0.411 bits per heavy atom. The molecule has 0 radical (unpaired) electrons. The summed E-state index contributed by atoms with van der Waals surface area (Å²) in [5.41, 5.74) is -9.61. The number of hydrogen-bond acceptors (Lipinski definition) is 0. The predicted molar refractivity (Wildman–Crippen MR) is 229 cm³/mol. The molecule has 0 aliphatic carbocycles. The highest BCUT2D eigenvalue weighted by Crippen LogP contribution is 2.47. The topological polar surface area (TPSA) is 0 Å². The van der Waals surface area contributed by atoms with Crippen LogP contribution in [0.5, 0.6) is 0 Å². The summed E-state index contributed by atoms with van der Waals surface area (Å²) in [6, 6.07) is 43.4. The molecule has 0 amide bonds. The number of para-hydroxylation sites is 1. The number of benzene rings is 8. The van der Waals surface area contributed by atoms with Crippen molar-refractivity contribution in [1.29, 1.82) is 0 Å². The zero-order chi connectivity index (χ0) is 53.8. The lowest BCUT2D eigenvalue weighted by atomic mass is 9.12. The molecule has 0 fully saturated rings. The van der Waals surface area contributed by atoms with Gasteiger partial charge >= 0.3 is 0 Å². The lowest BCUT2D eigenvalue weighted by Crippen LogP contribution is -2.81. The van der Waals surface area contributed by atoms with Gasteiger partial charge in [0.1, 0.15) is 58.4 Å². The SMILES string of the molecule is C[N+](C)(c1ccccc1)C(c1ccccc1)(c1ccccc1)c1ccccc1.Fc1c(F)c(F)c([B-](c2c(F)c(F)c(F)c(F)c2F)(c2c(F)c(F)c(F)c(F)c2F)c2c(F)c(F)c(F)c(F)c2F)c(F)c1F. The van der Waals surface area contributed by atoms with Gasteiger partial charge in [-0.3, -0.25) is 4.48 Å². The van der Waals surface area contributed by atoms with Crippen molar-refractivity contribution in [1.82, 2.24) is 4.48 Å². The average Bonchev–Trinajstić information content (AvgIpc) is 3.40. The molecular weight excluding hydrogens is 1020 g/mol. The second-order valence-corrected chi connectivity index (χ2v) is 16.4. The molecular formula is C51H26BF20N. The van der Waals surface area contributed by atoms with Gasteiger partial charge in [-0.15, -0.1) is 21.9 Å². The van der Waals surface area contributed by atoms with E-state index in [1.54, 1.807) is 0 Å². The highest BCUT2D eigenvalue weighted by molar-refractivity contribution is 7.20. The molecule has 22 heteroatoms. The summed E-state index contributed by atoms with van der Waals surface area (Å²) >= 11 is 0. The van der Waals surface area contributed by atoms with Crippen molar-refractivity contribution >= 4 is 33.7 Å². The van der Waals surface area contributed by atoms with Crippen LogP contribution >= 0.6 is 0 Å². The first-order valence-corrected chi connectivity index (χ1v) is 20.7. The van der Waals surface area contributed by atoms with Crippen molar-refractivity contribution in [2.45, 2.75) is 5.54 Å². The normalized spacial score (nSPS) is 12.0. The van der Waals surface area contributed by atoms with Gasteiger partial charge in [0.2, 0.25) is 0 Å². The molecule has 0 aromatic heterocycles. The molecule has 0 aliphatic heterocycles. The summed E-state index contributed by atoms with van der Waals surface area (Å²) in [4.78, 5) is 0. The molecule has 8 aromatic carbocycles. The van der Waals surface area contributed by atoms with Gasteiger partial charge in [0, 0.05) is 16.7 Å². The molecule has 8 rings (SSSR count). The van der Waals surface area contributed by atoms with Crippen molar-refractivity contribution in [3.8, 4) is 0 Å². The van der Waals surface area contributed by atoms with E-state index in [0.29, 0.717) is 4.48 Å². The maximum atomic E-state index is 15.4. The van der Waals surface area contributed by atoms with Crippen molar-refractivity contribution in [2.75, 3.05) is 14.1 Å². The Balaban J connectivity index is 0.000000237. The van der Waals surface area contributed by atoms with Crippen LogP contribution in [0.1, 0.15) is 16.7 Å². The fraction of sp³-hybridized carbons (Fsp3) is 0.0588. The van der Waals surface area contributed by atoms with Crippen LogP contribution in [0.4, 0.5) is 93.5 Å². The molecule has 0 saturated heterocycles. The van der Waals surface area contributed by atoms with E-state index < -0.39 is 144 Å². The predicted octanol–water partition coefficient (Wildman–Crippen LogP) is 12.1. The van der Waals surface area contributed by atoms with Gasteiger partial charge in [0.15, 0.2) is 75.3 Å². The van der Waals surface area contributed by atoms with Gasteiger partial charge in [0.05, 0.1) is 14.1 Å². The Morgan fingerprint density at radius 1 is 0.247 bits per heavy atom.